The molecule has 5 rings (SSSR count). The summed E-state index contributed by atoms with van der Waals surface area (Å²) in [5, 5.41) is 22.8. The first-order valence-electron chi connectivity index (χ1n) is 10.5. The minimum Gasteiger partial charge on any atom is -0.358 e. The van der Waals surface area contributed by atoms with Crippen molar-refractivity contribution in [3.8, 4) is 6.07 Å². The second kappa shape index (κ2) is 8.33. The molecule has 11 heteroatoms. The van der Waals surface area contributed by atoms with Gasteiger partial charge in [0, 0.05) is 30.2 Å². The molecular weight excluding hydrogens is 454 g/mol. The quantitative estimate of drug-likeness (QED) is 0.288. The number of amides is 1. The van der Waals surface area contributed by atoms with Crippen LogP contribution in [0.4, 0.5) is 5.69 Å². The summed E-state index contributed by atoms with van der Waals surface area (Å²) < 4.78 is 28.5. The fourth-order valence-corrected chi connectivity index (χ4v) is 5.21. The SMILES string of the molecule is Cc1ccc(NS(=O)(=O)c2ccc(CNC(=O)C3NCc4[nH]ncc43)cc2)c2[nH]cc(C#N)c12. The first kappa shape index (κ1) is 21.7. The average Bonchev–Trinajstić information content (AvgIpc) is 3.55. The molecule has 1 unspecified atom stereocenters. The Morgan fingerprint density at radius 1 is 1.24 bits per heavy atom. The van der Waals surface area contributed by atoms with Crippen molar-refractivity contribution in [3.05, 3.63) is 76.7 Å². The molecule has 2 aromatic carbocycles. The van der Waals surface area contributed by atoms with E-state index in [1.165, 1.54) is 12.1 Å². The van der Waals surface area contributed by atoms with E-state index in [2.05, 4.69) is 36.6 Å². The van der Waals surface area contributed by atoms with Gasteiger partial charge in [0.05, 0.1) is 33.6 Å². The van der Waals surface area contributed by atoms with Crippen LogP contribution in [0, 0.1) is 18.3 Å². The van der Waals surface area contributed by atoms with Crippen molar-refractivity contribution in [1.82, 2.24) is 25.8 Å². The first-order chi connectivity index (χ1) is 16.4. The highest BCUT2D eigenvalue weighted by molar-refractivity contribution is 7.92. The van der Waals surface area contributed by atoms with Gasteiger partial charge >= 0.3 is 0 Å². The molecule has 0 spiro atoms. The highest BCUT2D eigenvalue weighted by atomic mass is 32.2. The summed E-state index contributed by atoms with van der Waals surface area (Å²) in [6.07, 6.45) is 3.20. The highest BCUT2D eigenvalue weighted by Gasteiger charge is 2.29. The molecule has 0 fully saturated rings. The number of hydrogen-bond donors (Lipinski definition) is 5. The van der Waals surface area contributed by atoms with Crippen LogP contribution in [0.15, 0.2) is 53.7 Å². The fourth-order valence-electron chi connectivity index (χ4n) is 4.14. The maximum absolute atomic E-state index is 13.0. The molecule has 1 amide bonds. The molecule has 2 aromatic heterocycles. The van der Waals surface area contributed by atoms with Crippen LogP contribution in [0.1, 0.15) is 34.0 Å². The van der Waals surface area contributed by atoms with E-state index in [0.717, 1.165) is 22.4 Å². The van der Waals surface area contributed by atoms with Crippen molar-refractivity contribution in [3.63, 3.8) is 0 Å². The number of hydrogen-bond acceptors (Lipinski definition) is 6. The van der Waals surface area contributed by atoms with Gasteiger partial charge in [-0.1, -0.05) is 18.2 Å². The van der Waals surface area contributed by atoms with Crippen molar-refractivity contribution in [2.24, 2.45) is 0 Å². The Labute approximate surface area is 195 Å². The van der Waals surface area contributed by atoms with Gasteiger partial charge in [0.1, 0.15) is 12.1 Å². The summed E-state index contributed by atoms with van der Waals surface area (Å²) in [6.45, 7) is 2.68. The molecule has 1 aliphatic rings. The number of benzene rings is 2. The number of aryl methyl sites for hydroxylation is 1. The molecule has 0 saturated heterocycles. The Hall–Kier alpha value is -4.14. The molecule has 0 saturated carbocycles. The molecular formula is C23H21N7O3S. The van der Waals surface area contributed by atoms with Crippen LogP contribution in [-0.2, 0) is 27.9 Å². The molecule has 0 aliphatic carbocycles. The summed E-state index contributed by atoms with van der Waals surface area (Å²) >= 11 is 0. The number of anilines is 1. The van der Waals surface area contributed by atoms with Crippen LogP contribution >= 0.6 is 0 Å². The fraction of sp³-hybridized carbons (Fsp3) is 0.174. The normalized spacial score (nSPS) is 15.1. The Morgan fingerprint density at radius 3 is 2.79 bits per heavy atom. The van der Waals surface area contributed by atoms with E-state index in [1.54, 1.807) is 36.7 Å². The van der Waals surface area contributed by atoms with Gasteiger partial charge in [0.25, 0.3) is 10.0 Å². The summed E-state index contributed by atoms with van der Waals surface area (Å²) in [6, 6.07) is 11.4. The number of H-pyrrole nitrogens is 2. The van der Waals surface area contributed by atoms with Gasteiger partial charge in [-0.05, 0) is 36.2 Å². The monoisotopic (exact) mass is 475 g/mol. The molecule has 5 N–H and O–H groups in total. The summed E-state index contributed by atoms with van der Waals surface area (Å²) in [7, 11) is -3.86. The number of nitrogens with zero attached hydrogens (tertiary/aromatic N) is 2. The van der Waals surface area contributed by atoms with Crippen molar-refractivity contribution in [2.75, 3.05) is 4.72 Å². The van der Waals surface area contributed by atoms with Crippen molar-refractivity contribution in [1.29, 1.82) is 5.26 Å². The van der Waals surface area contributed by atoms with Crippen molar-refractivity contribution >= 4 is 32.5 Å². The number of rotatable bonds is 6. The van der Waals surface area contributed by atoms with E-state index < -0.39 is 16.1 Å². The summed E-state index contributed by atoms with van der Waals surface area (Å²) in [5.74, 6) is -0.176. The number of aromatic nitrogens is 3. The number of carbonyl (C=O) groups excluding carboxylic acids is 1. The minimum absolute atomic E-state index is 0.0869. The number of sulfonamides is 1. The lowest BCUT2D eigenvalue weighted by Gasteiger charge is -2.13. The zero-order chi connectivity index (χ0) is 23.9. The van der Waals surface area contributed by atoms with Gasteiger partial charge in [-0.2, -0.15) is 10.4 Å². The predicted molar refractivity (Wildman–Crippen MR) is 125 cm³/mol. The van der Waals surface area contributed by atoms with E-state index in [-0.39, 0.29) is 17.3 Å². The predicted octanol–water partition coefficient (Wildman–Crippen LogP) is 2.33. The lowest BCUT2D eigenvalue weighted by atomic mass is 10.1. The van der Waals surface area contributed by atoms with Gasteiger partial charge in [-0.25, -0.2) is 8.42 Å². The summed E-state index contributed by atoms with van der Waals surface area (Å²) in [5.41, 5.74) is 4.74. The van der Waals surface area contributed by atoms with E-state index in [1.807, 2.05) is 6.92 Å². The lowest BCUT2D eigenvalue weighted by Crippen LogP contribution is -2.33. The van der Waals surface area contributed by atoms with Gasteiger partial charge in [-0.15, -0.1) is 0 Å². The Bertz CT molecular complexity index is 1550. The zero-order valence-electron chi connectivity index (χ0n) is 18.1. The van der Waals surface area contributed by atoms with Crippen LogP contribution in [0.5, 0.6) is 0 Å². The van der Waals surface area contributed by atoms with Gasteiger partial charge < -0.3 is 10.3 Å². The topological polar surface area (TPSA) is 156 Å². The molecule has 0 radical (unpaired) electrons. The maximum Gasteiger partial charge on any atom is 0.261 e. The highest BCUT2D eigenvalue weighted by Crippen LogP contribution is 2.30. The first-order valence-corrected chi connectivity index (χ1v) is 12.0. The number of fused-ring (bicyclic) bond motifs is 2. The number of aromatic amines is 2. The third-order valence-corrected chi connectivity index (χ3v) is 7.30. The molecule has 4 aromatic rings. The molecule has 10 nitrogen and oxygen atoms in total. The van der Waals surface area contributed by atoms with Gasteiger partial charge in [-0.3, -0.25) is 19.9 Å². The van der Waals surface area contributed by atoms with Gasteiger partial charge in [0.2, 0.25) is 5.91 Å². The third kappa shape index (κ3) is 3.79. The molecule has 34 heavy (non-hydrogen) atoms. The third-order valence-electron chi connectivity index (χ3n) is 5.92. The Kier molecular flexibility index (Phi) is 5.31. The zero-order valence-corrected chi connectivity index (χ0v) is 19.0. The number of nitriles is 1. The van der Waals surface area contributed by atoms with Crippen molar-refractivity contribution < 1.29 is 13.2 Å². The molecule has 3 heterocycles. The Balaban J connectivity index is 1.28. The van der Waals surface area contributed by atoms with Crippen molar-refractivity contribution in [2.45, 2.75) is 31.0 Å². The molecule has 0 bridgehead atoms. The molecule has 172 valence electrons. The van der Waals surface area contributed by atoms with E-state index in [0.29, 0.717) is 28.7 Å². The smallest absolute Gasteiger partial charge is 0.261 e. The number of carbonyl (C=O) groups is 1. The van der Waals surface area contributed by atoms with Crippen LogP contribution < -0.4 is 15.4 Å². The second-order valence-corrected chi connectivity index (χ2v) is 9.76. The van der Waals surface area contributed by atoms with E-state index in [4.69, 9.17) is 0 Å². The summed E-state index contributed by atoms with van der Waals surface area (Å²) in [4.78, 5) is 15.6. The largest absolute Gasteiger partial charge is 0.358 e. The lowest BCUT2D eigenvalue weighted by molar-refractivity contribution is -0.123. The standard InChI is InChI=1S/C23H21N7O3S/c1-13-2-7-18(22-20(13)15(8-24)10-25-22)30-34(32,33)16-5-3-14(4-6-16)9-27-23(31)21-17-11-28-29-19(17)12-26-21/h2-7,10-11,21,25-26,30H,9,12H2,1H3,(H,27,31)(H,28,29). The van der Waals surface area contributed by atoms with Crippen LogP contribution in [-0.4, -0.2) is 29.5 Å². The Morgan fingerprint density at radius 2 is 2.03 bits per heavy atom. The van der Waals surface area contributed by atoms with Gasteiger partial charge in [0.15, 0.2) is 0 Å². The van der Waals surface area contributed by atoms with E-state index in [9.17, 15) is 18.5 Å². The average molecular weight is 476 g/mol. The number of nitrogens with one attached hydrogen (secondary N) is 5. The minimum atomic E-state index is -3.86. The molecule has 1 aliphatic heterocycles. The van der Waals surface area contributed by atoms with E-state index >= 15 is 0 Å². The maximum atomic E-state index is 13.0. The molecule has 1 atom stereocenters. The van der Waals surface area contributed by atoms with Crippen LogP contribution in [0.25, 0.3) is 10.9 Å². The van der Waals surface area contributed by atoms with Crippen LogP contribution in [0.2, 0.25) is 0 Å². The second-order valence-electron chi connectivity index (χ2n) is 8.08. The van der Waals surface area contributed by atoms with Crippen LogP contribution in [0.3, 0.4) is 0 Å².